The summed E-state index contributed by atoms with van der Waals surface area (Å²) < 4.78 is 5.30. The van der Waals surface area contributed by atoms with Crippen LogP contribution >= 0.6 is 12.2 Å². The number of aryl methyl sites for hydroxylation is 1. The number of thiocarbonyl (C=S) groups is 1. The van der Waals surface area contributed by atoms with Crippen LogP contribution in [0.25, 0.3) is 0 Å². The summed E-state index contributed by atoms with van der Waals surface area (Å²) in [5.41, 5.74) is 7.12. The van der Waals surface area contributed by atoms with Gasteiger partial charge in [0.15, 0.2) is 0 Å². The van der Waals surface area contributed by atoms with Gasteiger partial charge in [0.25, 0.3) is 0 Å². The van der Waals surface area contributed by atoms with Crippen LogP contribution in [-0.4, -0.2) is 29.1 Å². The number of carbonyl (C=O) groups excluding carboxylic acids is 1. The second kappa shape index (κ2) is 6.28. The van der Waals surface area contributed by atoms with Gasteiger partial charge in [-0.25, -0.2) is 0 Å². The zero-order valence-corrected chi connectivity index (χ0v) is 12.3. The van der Waals surface area contributed by atoms with Crippen molar-refractivity contribution in [1.29, 1.82) is 0 Å². The lowest BCUT2D eigenvalue weighted by atomic mass is 9.79. The third kappa shape index (κ3) is 2.96. The molecule has 2 heterocycles. The number of rotatable bonds is 4. The van der Waals surface area contributed by atoms with Gasteiger partial charge < -0.3 is 15.8 Å². The highest BCUT2D eigenvalue weighted by Gasteiger charge is 2.42. The summed E-state index contributed by atoms with van der Waals surface area (Å²) in [7, 11) is 0. The lowest BCUT2D eigenvalue weighted by Crippen LogP contribution is -2.51. The summed E-state index contributed by atoms with van der Waals surface area (Å²) >= 11 is 5.11. The number of hydrogen-bond acceptors (Lipinski definition) is 4. The molecule has 1 saturated heterocycles. The third-order valence-corrected chi connectivity index (χ3v) is 4.22. The Labute approximate surface area is 123 Å². The number of nitrogens with one attached hydrogen (secondary N) is 1. The van der Waals surface area contributed by atoms with E-state index in [1.807, 2.05) is 13.0 Å². The van der Waals surface area contributed by atoms with Crippen molar-refractivity contribution in [2.24, 2.45) is 11.1 Å². The van der Waals surface area contributed by atoms with Crippen LogP contribution in [0.4, 0.5) is 0 Å². The fourth-order valence-electron chi connectivity index (χ4n) is 2.35. The number of carbonyl (C=O) groups is 1. The molecule has 20 heavy (non-hydrogen) atoms. The molecule has 5 nitrogen and oxygen atoms in total. The fourth-order valence-corrected chi connectivity index (χ4v) is 2.65. The van der Waals surface area contributed by atoms with Crippen molar-refractivity contribution < 1.29 is 9.53 Å². The SMILES string of the molecule is Cc1cnccc1CNC(=O)C1(C(N)=S)CCOCC1. The highest BCUT2D eigenvalue weighted by molar-refractivity contribution is 7.80. The molecule has 0 unspecified atom stereocenters. The molecule has 1 fully saturated rings. The first-order chi connectivity index (χ1) is 9.56. The normalized spacial score (nSPS) is 17.4. The molecule has 0 atom stereocenters. The van der Waals surface area contributed by atoms with Crippen molar-refractivity contribution in [3.8, 4) is 0 Å². The van der Waals surface area contributed by atoms with Crippen LogP contribution in [0.1, 0.15) is 24.0 Å². The molecule has 1 aliphatic rings. The van der Waals surface area contributed by atoms with Crippen molar-refractivity contribution in [1.82, 2.24) is 10.3 Å². The smallest absolute Gasteiger partial charge is 0.233 e. The molecule has 0 aliphatic carbocycles. The van der Waals surface area contributed by atoms with Gasteiger partial charge in [0.2, 0.25) is 5.91 Å². The van der Waals surface area contributed by atoms with Gasteiger partial charge in [-0.3, -0.25) is 9.78 Å². The van der Waals surface area contributed by atoms with Crippen molar-refractivity contribution in [3.63, 3.8) is 0 Å². The Hall–Kier alpha value is -1.53. The zero-order chi connectivity index (χ0) is 14.6. The van der Waals surface area contributed by atoms with E-state index in [4.69, 9.17) is 22.7 Å². The molecule has 0 aromatic carbocycles. The number of aromatic nitrogens is 1. The predicted molar refractivity (Wildman–Crippen MR) is 80.1 cm³/mol. The lowest BCUT2D eigenvalue weighted by molar-refractivity contribution is -0.131. The van der Waals surface area contributed by atoms with E-state index in [9.17, 15) is 4.79 Å². The topological polar surface area (TPSA) is 77.2 Å². The quantitative estimate of drug-likeness (QED) is 0.813. The Bertz CT molecular complexity index is 513. The van der Waals surface area contributed by atoms with E-state index < -0.39 is 5.41 Å². The van der Waals surface area contributed by atoms with E-state index in [2.05, 4.69) is 10.3 Å². The molecule has 1 aromatic rings. The molecule has 0 saturated carbocycles. The maximum absolute atomic E-state index is 12.5. The van der Waals surface area contributed by atoms with Crippen molar-refractivity contribution in [2.75, 3.05) is 13.2 Å². The standard InChI is InChI=1S/C14H19N3O2S/c1-10-8-16-5-2-11(10)9-17-13(18)14(12(15)20)3-6-19-7-4-14/h2,5,8H,3-4,6-7,9H2,1H3,(H2,15,20)(H,17,18). The molecule has 6 heteroatoms. The van der Waals surface area contributed by atoms with Crippen LogP contribution in [0.3, 0.4) is 0 Å². The van der Waals surface area contributed by atoms with Crippen LogP contribution in [0.2, 0.25) is 0 Å². The molecule has 0 spiro atoms. The minimum absolute atomic E-state index is 0.107. The number of nitrogens with two attached hydrogens (primary N) is 1. The first kappa shape index (κ1) is 14.9. The molecule has 108 valence electrons. The highest BCUT2D eigenvalue weighted by atomic mass is 32.1. The molecular weight excluding hydrogens is 274 g/mol. The van der Waals surface area contributed by atoms with E-state index in [-0.39, 0.29) is 10.9 Å². The monoisotopic (exact) mass is 293 g/mol. The van der Waals surface area contributed by atoms with E-state index >= 15 is 0 Å². The molecular formula is C14H19N3O2S. The fraction of sp³-hybridized carbons (Fsp3) is 0.500. The van der Waals surface area contributed by atoms with Crippen LogP contribution in [0, 0.1) is 12.3 Å². The Morgan fingerprint density at radius 1 is 1.55 bits per heavy atom. The number of pyridine rings is 1. The van der Waals surface area contributed by atoms with Gasteiger partial charge >= 0.3 is 0 Å². The molecule has 2 rings (SSSR count). The molecule has 0 radical (unpaired) electrons. The number of nitrogens with zero attached hydrogens (tertiary/aromatic N) is 1. The third-order valence-electron chi connectivity index (χ3n) is 3.83. The summed E-state index contributed by atoms with van der Waals surface area (Å²) in [4.78, 5) is 16.8. The zero-order valence-electron chi connectivity index (χ0n) is 11.5. The van der Waals surface area contributed by atoms with Gasteiger partial charge in [-0.2, -0.15) is 0 Å². The van der Waals surface area contributed by atoms with E-state index in [0.29, 0.717) is 32.6 Å². The lowest BCUT2D eigenvalue weighted by Gasteiger charge is -2.34. The van der Waals surface area contributed by atoms with Gasteiger partial charge in [-0.15, -0.1) is 0 Å². The molecule has 3 N–H and O–H groups in total. The number of ether oxygens (including phenoxy) is 1. The van der Waals surface area contributed by atoms with Crippen molar-refractivity contribution in [2.45, 2.75) is 26.3 Å². The highest BCUT2D eigenvalue weighted by Crippen LogP contribution is 2.31. The first-order valence-electron chi connectivity index (χ1n) is 6.62. The van der Waals surface area contributed by atoms with Gasteiger partial charge in [0.1, 0.15) is 5.41 Å². The number of hydrogen-bond donors (Lipinski definition) is 2. The van der Waals surface area contributed by atoms with Gasteiger partial charge in [-0.1, -0.05) is 12.2 Å². The Morgan fingerprint density at radius 3 is 2.85 bits per heavy atom. The summed E-state index contributed by atoms with van der Waals surface area (Å²) in [6.45, 7) is 3.45. The Balaban J connectivity index is 2.06. The van der Waals surface area contributed by atoms with Crippen LogP contribution in [0.5, 0.6) is 0 Å². The molecule has 1 amide bonds. The summed E-state index contributed by atoms with van der Waals surface area (Å²) in [5.74, 6) is -0.107. The van der Waals surface area contributed by atoms with Gasteiger partial charge in [0, 0.05) is 32.2 Å². The number of amides is 1. The summed E-state index contributed by atoms with van der Waals surface area (Å²) in [5, 5.41) is 2.94. The minimum Gasteiger partial charge on any atom is -0.392 e. The van der Waals surface area contributed by atoms with E-state index in [1.165, 1.54) is 0 Å². The van der Waals surface area contributed by atoms with Gasteiger partial charge in [-0.05, 0) is 37.0 Å². The maximum atomic E-state index is 12.5. The Morgan fingerprint density at radius 2 is 2.25 bits per heavy atom. The van der Waals surface area contributed by atoms with Crippen LogP contribution in [0.15, 0.2) is 18.5 Å². The van der Waals surface area contributed by atoms with Crippen molar-refractivity contribution in [3.05, 3.63) is 29.6 Å². The minimum atomic E-state index is -0.769. The summed E-state index contributed by atoms with van der Waals surface area (Å²) in [6.07, 6.45) is 4.58. The molecule has 1 aromatic heterocycles. The van der Waals surface area contributed by atoms with E-state index in [0.717, 1.165) is 11.1 Å². The Kier molecular flexibility index (Phi) is 4.67. The predicted octanol–water partition coefficient (Wildman–Crippen LogP) is 1.09. The summed E-state index contributed by atoms with van der Waals surface area (Å²) in [6, 6.07) is 1.90. The molecule has 0 bridgehead atoms. The second-order valence-corrected chi connectivity index (χ2v) is 5.48. The maximum Gasteiger partial charge on any atom is 0.233 e. The average Bonchev–Trinajstić information content (AvgIpc) is 2.46. The van der Waals surface area contributed by atoms with E-state index in [1.54, 1.807) is 12.4 Å². The van der Waals surface area contributed by atoms with Gasteiger partial charge in [0.05, 0.1) is 4.99 Å². The second-order valence-electron chi connectivity index (χ2n) is 5.04. The first-order valence-corrected chi connectivity index (χ1v) is 7.02. The largest absolute Gasteiger partial charge is 0.392 e. The van der Waals surface area contributed by atoms with Crippen molar-refractivity contribution >= 4 is 23.1 Å². The van der Waals surface area contributed by atoms with Crippen LogP contribution in [-0.2, 0) is 16.1 Å². The molecule has 1 aliphatic heterocycles. The van der Waals surface area contributed by atoms with Crippen LogP contribution < -0.4 is 11.1 Å². The average molecular weight is 293 g/mol.